The highest BCUT2D eigenvalue weighted by Crippen LogP contribution is 2.27. The van der Waals surface area contributed by atoms with Gasteiger partial charge in [-0.2, -0.15) is 0 Å². The van der Waals surface area contributed by atoms with E-state index in [0.717, 1.165) is 21.9 Å². The second kappa shape index (κ2) is 3.42. The molecule has 80 valence electrons. The minimum absolute atomic E-state index is 0.793. The zero-order chi connectivity index (χ0) is 11.1. The Kier molecular flexibility index (Phi) is 2.04. The molecule has 1 N–H and O–H groups in total. The molecule has 3 nitrogen and oxygen atoms in total. The van der Waals surface area contributed by atoms with Crippen LogP contribution in [0.1, 0.15) is 10.4 Å². The molecule has 0 spiro atoms. The van der Waals surface area contributed by atoms with E-state index in [1.54, 1.807) is 17.5 Å². The van der Waals surface area contributed by atoms with E-state index < -0.39 is 0 Å². The predicted octanol–water partition coefficient (Wildman–Crippen LogP) is 3.30. The molecule has 4 heteroatoms. The third-order valence-corrected chi connectivity index (χ3v) is 3.58. The van der Waals surface area contributed by atoms with Gasteiger partial charge in [-0.3, -0.25) is 0 Å². The van der Waals surface area contributed by atoms with Crippen LogP contribution in [-0.2, 0) is 0 Å². The van der Waals surface area contributed by atoms with Gasteiger partial charge in [0.25, 0.3) is 0 Å². The maximum absolute atomic E-state index is 4.50. The molecule has 0 saturated carbocycles. The van der Waals surface area contributed by atoms with Crippen molar-refractivity contribution in [3.05, 3.63) is 34.8 Å². The number of hydrogen-bond donors (Lipinski definition) is 1. The van der Waals surface area contributed by atoms with E-state index in [9.17, 15) is 0 Å². The van der Waals surface area contributed by atoms with E-state index in [1.165, 1.54) is 10.4 Å². The summed E-state index contributed by atoms with van der Waals surface area (Å²) in [5.41, 5.74) is 3.00. The Labute approximate surface area is 97.2 Å². The largest absolute Gasteiger partial charge is 0.336 e. The molecule has 0 amide bonds. The molecule has 3 aromatic rings. The first kappa shape index (κ1) is 9.54. The molecule has 0 aromatic carbocycles. The summed E-state index contributed by atoms with van der Waals surface area (Å²) in [4.78, 5) is 14.5. The number of rotatable bonds is 1. The van der Waals surface area contributed by atoms with Crippen molar-refractivity contribution in [2.24, 2.45) is 0 Å². The molecule has 0 bridgehead atoms. The van der Waals surface area contributed by atoms with Gasteiger partial charge in [0, 0.05) is 11.1 Å². The Morgan fingerprint density at radius 3 is 2.75 bits per heavy atom. The molecular formula is C12H11N3S. The van der Waals surface area contributed by atoms with Gasteiger partial charge in [0.2, 0.25) is 0 Å². The van der Waals surface area contributed by atoms with Gasteiger partial charge in [-0.15, -0.1) is 11.3 Å². The summed E-state index contributed by atoms with van der Waals surface area (Å²) in [7, 11) is 0. The topological polar surface area (TPSA) is 41.6 Å². The van der Waals surface area contributed by atoms with Crippen molar-refractivity contribution >= 4 is 22.5 Å². The fourth-order valence-electron chi connectivity index (χ4n) is 1.71. The molecule has 0 fully saturated rings. The number of aromatic amines is 1. The average Bonchev–Trinajstić information content (AvgIpc) is 2.84. The van der Waals surface area contributed by atoms with Crippen molar-refractivity contribution in [3.63, 3.8) is 0 Å². The number of hydrogen-bond acceptors (Lipinski definition) is 3. The highest BCUT2D eigenvalue weighted by Gasteiger charge is 2.08. The number of thiophene rings is 1. The van der Waals surface area contributed by atoms with Crippen molar-refractivity contribution in [1.82, 2.24) is 15.0 Å². The van der Waals surface area contributed by atoms with Gasteiger partial charge in [0.15, 0.2) is 11.5 Å². The van der Waals surface area contributed by atoms with Crippen molar-refractivity contribution in [1.29, 1.82) is 0 Å². The lowest BCUT2D eigenvalue weighted by molar-refractivity contribution is 1.31. The normalized spacial score (nSPS) is 11.1. The van der Waals surface area contributed by atoms with Gasteiger partial charge in [-0.05, 0) is 37.6 Å². The molecule has 3 rings (SSSR count). The Balaban J connectivity index is 2.22. The number of H-pyrrole nitrogens is 1. The SMILES string of the molecule is Cc1ccc(-c2nc3nccc(C)c3[nH]2)s1. The Bertz CT molecular complexity index is 651. The first-order valence-electron chi connectivity index (χ1n) is 5.12. The first-order chi connectivity index (χ1) is 7.74. The van der Waals surface area contributed by atoms with E-state index in [-0.39, 0.29) is 0 Å². The number of aryl methyl sites for hydroxylation is 2. The van der Waals surface area contributed by atoms with Crippen LogP contribution in [0, 0.1) is 13.8 Å². The molecule has 0 atom stereocenters. The summed E-state index contributed by atoms with van der Waals surface area (Å²) in [6.07, 6.45) is 1.79. The minimum atomic E-state index is 0.793. The zero-order valence-electron chi connectivity index (χ0n) is 9.11. The minimum Gasteiger partial charge on any atom is -0.336 e. The molecule has 0 radical (unpaired) electrons. The van der Waals surface area contributed by atoms with Crippen LogP contribution in [-0.4, -0.2) is 15.0 Å². The standard InChI is InChI=1S/C12H11N3S/c1-7-5-6-13-12-10(7)14-11(15-12)9-4-3-8(2)16-9/h3-6H,1-2H3,(H,13,14,15). The summed E-state index contributed by atoms with van der Waals surface area (Å²) in [5.74, 6) is 0.912. The summed E-state index contributed by atoms with van der Waals surface area (Å²) < 4.78 is 0. The van der Waals surface area contributed by atoms with Crippen LogP contribution >= 0.6 is 11.3 Å². The van der Waals surface area contributed by atoms with E-state index in [4.69, 9.17) is 0 Å². The smallest absolute Gasteiger partial charge is 0.178 e. The number of imidazole rings is 1. The van der Waals surface area contributed by atoms with Crippen LogP contribution < -0.4 is 0 Å². The molecule has 0 saturated heterocycles. The fourth-order valence-corrected chi connectivity index (χ4v) is 2.53. The number of fused-ring (bicyclic) bond motifs is 1. The second-order valence-corrected chi connectivity index (χ2v) is 5.11. The van der Waals surface area contributed by atoms with E-state index in [0.29, 0.717) is 0 Å². The molecule has 3 heterocycles. The van der Waals surface area contributed by atoms with Crippen molar-refractivity contribution in [2.45, 2.75) is 13.8 Å². The summed E-state index contributed by atoms with van der Waals surface area (Å²) in [6, 6.07) is 6.19. The maximum atomic E-state index is 4.50. The van der Waals surface area contributed by atoms with Crippen LogP contribution in [0.15, 0.2) is 24.4 Å². The molecule has 0 aliphatic rings. The van der Waals surface area contributed by atoms with Crippen molar-refractivity contribution in [3.8, 4) is 10.7 Å². The number of nitrogens with one attached hydrogen (secondary N) is 1. The van der Waals surface area contributed by atoms with Gasteiger partial charge < -0.3 is 4.98 Å². The van der Waals surface area contributed by atoms with Crippen LogP contribution in [0.25, 0.3) is 21.9 Å². The average molecular weight is 229 g/mol. The zero-order valence-corrected chi connectivity index (χ0v) is 9.93. The molecule has 0 aliphatic heterocycles. The predicted molar refractivity (Wildman–Crippen MR) is 66.7 cm³/mol. The molecule has 16 heavy (non-hydrogen) atoms. The third-order valence-electron chi connectivity index (χ3n) is 2.57. The lowest BCUT2D eigenvalue weighted by atomic mass is 10.3. The van der Waals surface area contributed by atoms with Gasteiger partial charge in [-0.1, -0.05) is 0 Å². The molecule has 0 unspecified atom stereocenters. The van der Waals surface area contributed by atoms with Gasteiger partial charge >= 0.3 is 0 Å². The van der Waals surface area contributed by atoms with Crippen molar-refractivity contribution in [2.75, 3.05) is 0 Å². The van der Waals surface area contributed by atoms with Crippen LogP contribution in [0.3, 0.4) is 0 Å². The summed E-state index contributed by atoms with van der Waals surface area (Å²) in [6.45, 7) is 4.16. The van der Waals surface area contributed by atoms with Gasteiger partial charge in [-0.25, -0.2) is 9.97 Å². The van der Waals surface area contributed by atoms with Crippen LogP contribution in [0.2, 0.25) is 0 Å². The van der Waals surface area contributed by atoms with Crippen LogP contribution in [0.5, 0.6) is 0 Å². The van der Waals surface area contributed by atoms with Crippen LogP contribution in [0.4, 0.5) is 0 Å². The second-order valence-electron chi connectivity index (χ2n) is 3.82. The number of pyridine rings is 1. The van der Waals surface area contributed by atoms with Gasteiger partial charge in [0.05, 0.1) is 10.4 Å². The Morgan fingerprint density at radius 2 is 2.06 bits per heavy atom. The van der Waals surface area contributed by atoms with E-state index >= 15 is 0 Å². The number of nitrogens with zero attached hydrogens (tertiary/aromatic N) is 2. The third kappa shape index (κ3) is 1.42. The maximum Gasteiger partial charge on any atom is 0.178 e. The highest BCUT2D eigenvalue weighted by atomic mass is 32.1. The van der Waals surface area contributed by atoms with E-state index in [2.05, 4.69) is 40.9 Å². The first-order valence-corrected chi connectivity index (χ1v) is 5.94. The lowest BCUT2D eigenvalue weighted by Crippen LogP contribution is -1.78. The monoisotopic (exact) mass is 229 g/mol. The van der Waals surface area contributed by atoms with Gasteiger partial charge in [0.1, 0.15) is 0 Å². The van der Waals surface area contributed by atoms with E-state index in [1.807, 2.05) is 6.07 Å². The Morgan fingerprint density at radius 1 is 1.19 bits per heavy atom. The Hall–Kier alpha value is -1.68. The summed E-state index contributed by atoms with van der Waals surface area (Å²) >= 11 is 1.74. The molecule has 0 aliphatic carbocycles. The lowest BCUT2D eigenvalue weighted by Gasteiger charge is -1.90. The fraction of sp³-hybridized carbons (Fsp3) is 0.167. The molecule has 3 aromatic heterocycles. The summed E-state index contributed by atoms with van der Waals surface area (Å²) in [5, 5.41) is 0. The quantitative estimate of drug-likeness (QED) is 0.695. The number of aromatic nitrogens is 3. The molecular weight excluding hydrogens is 218 g/mol. The van der Waals surface area contributed by atoms with Crippen molar-refractivity contribution < 1.29 is 0 Å². The highest BCUT2D eigenvalue weighted by molar-refractivity contribution is 7.15.